The van der Waals surface area contributed by atoms with Crippen molar-refractivity contribution < 1.29 is 23.8 Å². The molecule has 210 valence electrons. The number of allylic oxidation sites excluding steroid dienone is 1. The molecule has 4 rings (SSSR count). The molecule has 0 radical (unpaired) electrons. The molecule has 0 heterocycles. The molecule has 0 aliphatic heterocycles. The lowest BCUT2D eigenvalue weighted by molar-refractivity contribution is -0.130. The predicted octanol–water partition coefficient (Wildman–Crippen LogP) is 8.56. The predicted molar refractivity (Wildman–Crippen MR) is 164 cm³/mol. The Labute approximate surface area is 242 Å². The summed E-state index contributed by atoms with van der Waals surface area (Å²) in [4.78, 5) is 24.6. The number of hydrogen-bond acceptors (Lipinski definition) is 5. The van der Waals surface area contributed by atoms with Crippen LogP contribution >= 0.6 is 0 Å². The van der Waals surface area contributed by atoms with Crippen molar-refractivity contribution in [3.63, 3.8) is 0 Å². The molecule has 3 aromatic rings. The molecular formula is C36H36O5. The van der Waals surface area contributed by atoms with Crippen LogP contribution in [0.3, 0.4) is 0 Å². The summed E-state index contributed by atoms with van der Waals surface area (Å²) in [6.07, 6.45) is 3.00. The molecule has 3 aromatic carbocycles. The van der Waals surface area contributed by atoms with Crippen LogP contribution in [0.5, 0.6) is 17.2 Å². The molecule has 1 aliphatic carbocycles. The van der Waals surface area contributed by atoms with E-state index < -0.39 is 11.9 Å². The number of hydrogen-bond donors (Lipinski definition) is 0. The maximum Gasteiger partial charge on any atom is 0.338 e. The Morgan fingerprint density at radius 1 is 0.610 bits per heavy atom. The molecule has 0 N–H and O–H groups in total. The Balaban J connectivity index is 1.78. The van der Waals surface area contributed by atoms with Gasteiger partial charge < -0.3 is 14.2 Å². The maximum atomic E-state index is 12.5. The van der Waals surface area contributed by atoms with Gasteiger partial charge in [-0.25, -0.2) is 9.59 Å². The highest BCUT2D eigenvalue weighted by Gasteiger charge is 2.23. The van der Waals surface area contributed by atoms with Crippen molar-refractivity contribution in [3.8, 4) is 39.5 Å². The summed E-state index contributed by atoms with van der Waals surface area (Å²) in [5, 5.41) is 0. The van der Waals surface area contributed by atoms with Gasteiger partial charge in [-0.15, -0.1) is 0 Å². The van der Waals surface area contributed by atoms with Crippen LogP contribution in [-0.2, 0) is 22.4 Å². The summed E-state index contributed by atoms with van der Waals surface area (Å²) in [7, 11) is 0. The van der Waals surface area contributed by atoms with Crippen LogP contribution < -0.4 is 14.2 Å². The van der Waals surface area contributed by atoms with Gasteiger partial charge in [0.25, 0.3) is 0 Å². The quantitative estimate of drug-likeness (QED) is 0.0881. The van der Waals surface area contributed by atoms with Gasteiger partial charge >= 0.3 is 11.9 Å². The highest BCUT2D eigenvalue weighted by atomic mass is 16.5. The zero-order valence-corrected chi connectivity index (χ0v) is 24.5. The van der Waals surface area contributed by atoms with Crippen LogP contribution in [0.4, 0.5) is 0 Å². The molecule has 0 aromatic heterocycles. The van der Waals surface area contributed by atoms with Crippen LogP contribution in [0.2, 0.25) is 0 Å². The number of aryl methyl sites for hydroxylation is 2. The molecule has 0 amide bonds. The van der Waals surface area contributed by atoms with Crippen molar-refractivity contribution in [2.24, 2.45) is 0 Å². The molecule has 0 saturated heterocycles. The van der Waals surface area contributed by atoms with E-state index in [4.69, 9.17) is 14.2 Å². The van der Waals surface area contributed by atoms with Gasteiger partial charge in [-0.1, -0.05) is 44.5 Å². The van der Waals surface area contributed by atoms with Crippen LogP contribution in [0.15, 0.2) is 91.3 Å². The lowest BCUT2D eigenvalue weighted by Gasteiger charge is -2.19. The van der Waals surface area contributed by atoms with Crippen molar-refractivity contribution in [1.29, 1.82) is 0 Å². The SMILES string of the molecule is C=C(C)C(=C)Oc1ccc(-c2cc(C)c(-c3ccc(OC(=O)C(=C)C)cc3OC(=O)C(=C)C)cc2C)c2c1CCC2. The Morgan fingerprint density at radius 3 is 1.78 bits per heavy atom. The monoisotopic (exact) mass is 548 g/mol. The summed E-state index contributed by atoms with van der Waals surface area (Å²) in [6, 6.07) is 13.4. The molecule has 0 spiro atoms. The smallest absolute Gasteiger partial charge is 0.338 e. The zero-order valence-electron chi connectivity index (χ0n) is 24.5. The number of esters is 2. The van der Waals surface area contributed by atoms with Gasteiger partial charge in [-0.2, -0.15) is 0 Å². The molecule has 0 unspecified atom stereocenters. The van der Waals surface area contributed by atoms with Crippen molar-refractivity contribution >= 4 is 11.9 Å². The fourth-order valence-corrected chi connectivity index (χ4v) is 4.89. The first-order valence-corrected chi connectivity index (χ1v) is 13.6. The minimum atomic E-state index is -0.562. The largest absolute Gasteiger partial charge is 0.457 e. The number of carbonyl (C=O) groups is 2. The van der Waals surface area contributed by atoms with E-state index in [1.165, 1.54) is 16.7 Å². The third-order valence-electron chi connectivity index (χ3n) is 7.17. The minimum Gasteiger partial charge on any atom is -0.457 e. The molecule has 0 bridgehead atoms. The summed E-state index contributed by atoms with van der Waals surface area (Å²) in [5.41, 5.74) is 9.88. The molecule has 1 aliphatic rings. The summed E-state index contributed by atoms with van der Waals surface area (Å²) >= 11 is 0. The van der Waals surface area contributed by atoms with E-state index >= 15 is 0 Å². The number of benzene rings is 3. The van der Waals surface area contributed by atoms with Crippen molar-refractivity contribution in [1.82, 2.24) is 0 Å². The van der Waals surface area contributed by atoms with Gasteiger partial charge in [0, 0.05) is 22.8 Å². The molecule has 0 atom stereocenters. The van der Waals surface area contributed by atoms with Crippen LogP contribution in [0.1, 0.15) is 49.4 Å². The maximum absolute atomic E-state index is 12.5. The number of carbonyl (C=O) groups excluding carboxylic acids is 2. The van der Waals surface area contributed by atoms with E-state index in [9.17, 15) is 9.59 Å². The first-order chi connectivity index (χ1) is 19.4. The van der Waals surface area contributed by atoms with E-state index in [0.717, 1.165) is 52.8 Å². The highest BCUT2D eigenvalue weighted by molar-refractivity contribution is 5.92. The highest BCUT2D eigenvalue weighted by Crippen LogP contribution is 2.43. The topological polar surface area (TPSA) is 61.8 Å². The summed E-state index contributed by atoms with van der Waals surface area (Å²) in [6.45, 7) is 24.4. The van der Waals surface area contributed by atoms with Crippen molar-refractivity contribution in [3.05, 3.63) is 114 Å². The standard InChI is InChI=1S/C36H36O5/c1-20(2)25(9)39-33-16-15-28(27-11-10-12-29(27)33)31-17-24(8)32(18-23(31)7)30-14-13-26(40-35(37)21(3)4)19-34(30)41-36(38)22(5)6/h13-19H,1,3,5,9-12H2,2,4,6-8H3. The minimum absolute atomic E-state index is 0.254. The number of ether oxygens (including phenoxy) is 3. The lowest BCUT2D eigenvalue weighted by Crippen LogP contribution is -2.11. The second-order valence-corrected chi connectivity index (χ2v) is 10.7. The molecule has 0 fully saturated rings. The van der Waals surface area contributed by atoms with Gasteiger partial charge in [0.1, 0.15) is 23.0 Å². The van der Waals surface area contributed by atoms with Crippen molar-refractivity contribution in [2.75, 3.05) is 0 Å². The van der Waals surface area contributed by atoms with Gasteiger partial charge in [-0.3, -0.25) is 0 Å². The average Bonchev–Trinajstić information content (AvgIpc) is 3.41. The fraction of sp³-hybridized carbons (Fsp3) is 0.222. The second-order valence-electron chi connectivity index (χ2n) is 10.7. The molecular weight excluding hydrogens is 512 g/mol. The van der Waals surface area contributed by atoms with Gasteiger partial charge in [0.05, 0.1) is 0 Å². The van der Waals surface area contributed by atoms with Crippen molar-refractivity contribution in [2.45, 2.75) is 53.9 Å². The van der Waals surface area contributed by atoms with Crippen LogP contribution in [0, 0.1) is 13.8 Å². The Bertz CT molecular complexity index is 1640. The van der Waals surface area contributed by atoms with Crippen LogP contribution in [-0.4, -0.2) is 11.9 Å². The Hall–Kier alpha value is -4.64. The van der Waals surface area contributed by atoms with Crippen LogP contribution in [0.25, 0.3) is 22.3 Å². The van der Waals surface area contributed by atoms with E-state index in [1.54, 1.807) is 32.0 Å². The van der Waals surface area contributed by atoms with E-state index in [0.29, 0.717) is 11.3 Å². The third-order valence-corrected chi connectivity index (χ3v) is 7.17. The van der Waals surface area contributed by atoms with Gasteiger partial charge in [0.2, 0.25) is 0 Å². The van der Waals surface area contributed by atoms with Gasteiger partial charge in [0.15, 0.2) is 0 Å². The van der Waals surface area contributed by atoms with E-state index in [2.05, 4.69) is 51.4 Å². The number of fused-ring (bicyclic) bond motifs is 1. The summed E-state index contributed by atoms with van der Waals surface area (Å²) < 4.78 is 17.2. The fourth-order valence-electron chi connectivity index (χ4n) is 4.89. The number of rotatable bonds is 9. The molecule has 41 heavy (non-hydrogen) atoms. The Kier molecular flexibility index (Phi) is 8.48. The van der Waals surface area contributed by atoms with Gasteiger partial charge in [-0.05, 0) is 117 Å². The zero-order chi connectivity index (χ0) is 30.0. The first kappa shape index (κ1) is 29.3. The molecule has 0 saturated carbocycles. The average molecular weight is 549 g/mol. The second kappa shape index (κ2) is 11.8. The van der Waals surface area contributed by atoms with E-state index in [1.807, 2.05) is 19.9 Å². The first-order valence-electron chi connectivity index (χ1n) is 13.6. The molecule has 5 nitrogen and oxygen atoms in total. The summed E-state index contributed by atoms with van der Waals surface area (Å²) in [5.74, 6) is 0.834. The third kappa shape index (κ3) is 6.25. The van der Waals surface area contributed by atoms with E-state index in [-0.39, 0.29) is 22.6 Å². The Morgan fingerprint density at radius 2 is 1.17 bits per heavy atom. The normalized spacial score (nSPS) is 11.8. The lowest BCUT2D eigenvalue weighted by atomic mass is 9.88. The molecule has 5 heteroatoms.